The highest BCUT2D eigenvalue weighted by atomic mass is 32.1. The molecule has 0 fully saturated rings. The van der Waals surface area contributed by atoms with Gasteiger partial charge in [-0.25, -0.2) is 0 Å². The standard InChI is InChI=1S/C16H22N4OS/c1-4-14-15(22-19-18-14)16(21)17-10-12-7-6-8-13(9-12)11-20(3)5-2/h6-9H,4-5,10-11H2,1-3H3,(H,17,21). The van der Waals surface area contributed by atoms with E-state index in [1.54, 1.807) is 0 Å². The van der Waals surface area contributed by atoms with Crippen LogP contribution in [0.1, 0.15) is 40.3 Å². The van der Waals surface area contributed by atoms with Gasteiger partial charge in [0.25, 0.3) is 5.91 Å². The molecule has 1 amide bonds. The molecular weight excluding hydrogens is 296 g/mol. The SMILES string of the molecule is CCc1nnsc1C(=O)NCc1cccc(CN(C)CC)c1. The van der Waals surface area contributed by atoms with Crippen molar-refractivity contribution in [3.8, 4) is 0 Å². The first kappa shape index (κ1) is 16.6. The molecule has 2 aromatic rings. The van der Waals surface area contributed by atoms with Gasteiger partial charge in [-0.1, -0.05) is 42.6 Å². The molecule has 0 aliphatic rings. The van der Waals surface area contributed by atoms with E-state index in [1.807, 2.05) is 19.1 Å². The number of aromatic nitrogens is 2. The van der Waals surface area contributed by atoms with Crippen molar-refractivity contribution in [2.45, 2.75) is 33.4 Å². The summed E-state index contributed by atoms with van der Waals surface area (Å²) in [6, 6.07) is 8.31. The van der Waals surface area contributed by atoms with Gasteiger partial charge in [0.05, 0.1) is 5.69 Å². The molecule has 0 saturated heterocycles. The Morgan fingerprint density at radius 2 is 2.09 bits per heavy atom. The lowest BCUT2D eigenvalue weighted by Crippen LogP contribution is -2.23. The molecule has 0 bridgehead atoms. The van der Waals surface area contributed by atoms with E-state index in [1.165, 1.54) is 5.56 Å². The average Bonchev–Trinajstić information content (AvgIpc) is 3.01. The van der Waals surface area contributed by atoms with Crippen LogP contribution in [0.5, 0.6) is 0 Å². The number of hydrogen-bond donors (Lipinski definition) is 1. The zero-order valence-corrected chi connectivity index (χ0v) is 14.1. The van der Waals surface area contributed by atoms with Crippen molar-refractivity contribution in [2.24, 2.45) is 0 Å². The maximum atomic E-state index is 12.2. The van der Waals surface area contributed by atoms with Gasteiger partial charge in [0.2, 0.25) is 0 Å². The summed E-state index contributed by atoms with van der Waals surface area (Å²) in [6.07, 6.45) is 0.720. The van der Waals surface area contributed by atoms with Crippen LogP contribution in [0, 0.1) is 0 Å². The van der Waals surface area contributed by atoms with Crippen LogP contribution >= 0.6 is 11.5 Å². The quantitative estimate of drug-likeness (QED) is 0.852. The van der Waals surface area contributed by atoms with Gasteiger partial charge in [0.15, 0.2) is 0 Å². The average molecular weight is 318 g/mol. The van der Waals surface area contributed by atoms with Gasteiger partial charge in [0, 0.05) is 13.1 Å². The number of amides is 1. The lowest BCUT2D eigenvalue weighted by molar-refractivity contribution is 0.0954. The molecule has 0 radical (unpaired) electrons. The molecule has 0 atom stereocenters. The van der Waals surface area contributed by atoms with E-state index in [9.17, 15) is 4.79 Å². The molecule has 22 heavy (non-hydrogen) atoms. The summed E-state index contributed by atoms with van der Waals surface area (Å²) in [5, 5.41) is 6.92. The number of carbonyl (C=O) groups excluding carboxylic acids is 1. The summed E-state index contributed by atoms with van der Waals surface area (Å²) in [5.41, 5.74) is 3.12. The Morgan fingerprint density at radius 1 is 1.32 bits per heavy atom. The third-order valence-electron chi connectivity index (χ3n) is 3.53. The number of benzene rings is 1. The first-order chi connectivity index (χ1) is 10.6. The molecule has 0 spiro atoms. The van der Waals surface area contributed by atoms with Gasteiger partial charge in [-0.05, 0) is 42.7 Å². The highest BCUT2D eigenvalue weighted by molar-refractivity contribution is 7.08. The number of hydrogen-bond acceptors (Lipinski definition) is 5. The zero-order chi connectivity index (χ0) is 15.9. The largest absolute Gasteiger partial charge is 0.347 e. The predicted molar refractivity (Wildman–Crippen MR) is 88.9 cm³/mol. The molecule has 2 rings (SSSR count). The van der Waals surface area contributed by atoms with E-state index < -0.39 is 0 Å². The second kappa shape index (κ2) is 8.00. The van der Waals surface area contributed by atoms with Gasteiger partial charge >= 0.3 is 0 Å². The lowest BCUT2D eigenvalue weighted by atomic mass is 10.1. The molecule has 6 heteroatoms. The van der Waals surface area contributed by atoms with E-state index >= 15 is 0 Å². The minimum atomic E-state index is -0.0945. The van der Waals surface area contributed by atoms with Crippen LogP contribution in [-0.2, 0) is 19.5 Å². The summed E-state index contributed by atoms with van der Waals surface area (Å²) >= 11 is 1.15. The molecule has 1 heterocycles. The maximum absolute atomic E-state index is 12.2. The monoisotopic (exact) mass is 318 g/mol. The van der Waals surface area contributed by atoms with Gasteiger partial charge in [-0.2, -0.15) is 0 Å². The Morgan fingerprint density at radius 3 is 2.82 bits per heavy atom. The fourth-order valence-electron chi connectivity index (χ4n) is 2.14. The van der Waals surface area contributed by atoms with Crippen molar-refractivity contribution < 1.29 is 4.79 Å². The van der Waals surface area contributed by atoms with Crippen molar-refractivity contribution in [1.82, 2.24) is 19.8 Å². The molecular formula is C16H22N4OS. The van der Waals surface area contributed by atoms with Crippen LogP contribution in [0.2, 0.25) is 0 Å². The summed E-state index contributed by atoms with van der Waals surface area (Å²) < 4.78 is 3.85. The van der Waals surface area contributed by atoms with E-state index in [-0.39, 0.29) is 5.91 Å². The van der Waals surface area contributed by atoms with Gasteiger partial charge < -0.3 is 10.2 Å². The van der Waals surface area contributed by atoms with E-state index in [0.717, 1.165) is 42.3 Å². The molecule has 0 saturated carbocycles. The third kappa shape index (κ3) is 4.35. The van der Waals surface area contributed by atoms with Crippen molar-refractivity contribution in [1.29, 1.82) is 0 Å². The molecule has 5 nitrogen and oxygen atoms in total. The van der Waals surface area contributed by atoms with E-state index in [2.05, 4.69) is 45.9 Å². The maximum Gasteiger partial charge on any atom is 0.265 e. The fourth-order valence-corrected chi connectivity index (χ4v) is 2.80. The predicted octanol–water partition coefficient (Wildman–Crippen LogP) is 2.48. The molecule has 1 aromatic carbocycles. The van der Waals surface area contributed by atoms with Crippen molar-refractivity contribution in [2.75, 3.05) is 13.6 Å². The minimum Gasteiger partial charge on any atom is -0.347 e. The van der Waals surface area contributed by atoms with Crippen LogP contribution in [-0.4, -0.2) is 34.0 Å². The molecule has 1 aromatic heterocycles. The molecule has 0 unspecified atom stereocenters. The highest BCUT2D eigenvalue weighted by Gasteiger charge is 2.14. The van der Waals surface area contributed by atoms with Crippen molar-refractivity contribution in [3.05, 3.63) is 46.0 Å². The number of nitrogens with zero attached hydrogens (tertiary/aromatic N) is 3. The molecule has 118 valence electrons. The Kier molecular flexibility index (Phi) is 6.03. The summed E-state index contributed by atoms with van der Waals surface area (Å²) in [6.45, 7) is 6.56. The summed E-state index contributed by atoms with van der Waals surface area (Å²) in [4.78, 5) is 15.0. The number of rotatable bonds is 7. The minimum absolute atomic E-state index is 0.0945. The Balaban J connectivity index is 1.96. The van der Waals surface area contributed by atoms with Crippen molar-refractivity contribution in [3.63, 3.8) is 0 Å². The number of nitrogens with one attached hydrogen (secondary N) is 1. The fraction of sp³-hybridized carbons (Fsp3) is 0.438. The van der Waals surface area contributed by atoms with E-state index in [0.29, 0.717) is 11.4 Å². The van der Waals surface area contributed by atoms with Crippen molar-refractivity contribution >= 4 is 17.4 Å². The van der Waals surface area contributed by atoms with Crippen LogP contribution in [0.3, 0.4) is 0 Å². The van der Waals surface area contributed by atoms with Gasteiger partial charge in [-0.15, -0.1) is 5.10 Å². The topological polar surface area (TPSA) is 58.1 Å². The van der Waals surface area contributed by atoms with Gasteiger partial charge in [0.1, 0.15) is 4.88 Å². The second-order valence-corrected chi connectivity index (χ2v) is 5.99. The smallest absolute Gasteiger partial charge is 0.265 e. The normalized spacial score (nSPS) is 10.9. The van der Waals surface area contributed by atoms with Gasteiger partial charge in [-0.3, -0.25) is 4.79 Å². The third-order valence-corrected chi connectivity index (χ3v) is 4.30. The first-order valence-corrected chi connectivity index (χ1v) is 8.27. The molecule has 0 aliphatic heterocycles. The van der Waals surface area contributed by atoms with Crippen LogP contribution in [0.4, 0.5) is 0 Å². The summed E-state index contributed by atoms with van der Waals surface area (Å²) in [7, 11) is 2.09. The number of carbonyl (C=O) groups is 1. The van der Waals surface area contributed by atoms with E-state index in [4.69, 9.17) is 0 Å². The highest BCUT2D eigenvalue weighted by Crippen LogP contribution is 2.12. The Hall–Kier alpha value is -1.79. The Labute approximate surface area is 135 Å². The lowest BCUT2D eigenvalue weighted by Gasteiger charge is -2.14. The van der Waals surface area contributed by atoms with Crippen LogP contribution < -0.4 is 5.32 Å². The molecule has 1 N–H and O–H groups in total. The number of aryl methyl sites for hydroxylation is 1. The second-order valence-electron chi connectivity index (χ2n) is 5.24. The first-order valence-electron chi connectivity index (χ1n) is 7.49. The molecule has 0 aliphatic carbocycles. The summed E-state index contributed by atoms with van der Waals surface area (Å²) in [5.74, 6) is -0.0945. The van der Waals surface area contributed by atoms with Crippen LogP contribution in [0.15, 0.2) is 24.3 Å². The van der Waals surface area contributed by atoms with Crippen LogP contribution in [0.25, 0.3) is 0 Å². The Bertz CT molecular complexity index is 626. The zero-order valence-electron chi connectivity index (χ0n) is 13.3.